The summed E-state index contributed by atoms with van der Waals surface area (Å²) >= 11 is 1.81. The molecule has 0 radical (unpaired) electrons. The molecule has 0 rings (SSSR count). The molecular formula is C16H35IN4O2S. The topological polar surface area (TPSA) is 66.0 Å². The Hall–Kier alpha value is -0.380. The van der Waals surface area contributed by atoms with Gasteiger partial charge in [0.1, 0.15) is 5.60 Å². The molecule has 0 aromatic heterocycles. The molecule has 0 heterocycles. The minimum Gasteiger partial charge on any atom is -0.444 e. The lowest BCUT2D eigenvalue weighted by Gasteiger charge is -2.27. The fourth-order valence-electron chi connectivity index (χ4n) is 1.60. The molecule has 0 bridgehead atoms. The van der Waals surface area contributed by atoms with Crippen molar-refractivity contribution < 1.29 is 9.53 Å². The minimum absolute atomic E-state index is 0. The largest absolute Gasteiger partial charge is 0.444 e. The molecule has 8 heteroatoms. The lowest BCUT2D eigenvalue weighted by atomic mass is 10.2. The second-order valence-corrected chi connectivity index (χ2v) is 8.39. The van der Waals surface area contributed by atoms with Gasteiger partial charge >= 0.3 is 6.09 Å². The number of nitrogens with zero attached hydrogens (tertiary/aromatic N) is 2. The summed E-state index contributed by atoms with van der Waals surface area (Å²) < 4.78 is 5.53. The third kappa shape index (κ3) is 12.0. The minimum atomic E-state index is -0.473. The number of rotatable bonds is 7. The maximum absolute atomic E-state index is 12.1. The number of carbonyl (C=O) groups is 1. The molecule has 0 saturated carbocycles. The van der Waals surface area contributed by atoms with Crippen LogP contribution in [-0.4, -0.2) is 66.8 Å². The number of likely N-dealkylation sites (N-methyl/N-ethyl adjacent to an activating group) is 1. The van der Waals surface area contributed by atoms with Gasteiger partial charge in [0, 0.05) is 38.0 Å². The van der Waals surface area contributed by atoms with E-state index in [-0.39, 0.29) is 34.8 Å². The zero-order chi connectivity index (χ0) is 18.1. The van der Waals surface area contributed by atoms with Gasteiger partial charge in [-0.2, -0.15) is 11.8 Å². The summed E-state index contributed by atoms with van der Waals surface area (Å²) in [5, 5.41) is 6.53. The molecule has 0 atom stereocenters. The van der Waals surface area contributed by atoms with Crippen LogP contribution in [0.5, 0.6) is 0 Å². The van der Waals surface area contributed by atoms with Crippen molar-refractivity contribution in [3.8, 4) is 0 Å². The highest BCUT2D eigenvalue weighted by Gasteiger charge is 2.21. The Labute approximate surface area is 169 Å². The molecular weight excluding hydrogens is 439 g/mol. The fraction of sp³-hybridized carbons (Fsp3) is 0.875. The summed E-state index contributed by atoms with van der Waals surface area (Å²) in [6.07, 6.45) is 1.81. The molecule has 24 heavy (non-hydrogen) atoms. The van der Waals surface area contributed by atoms with Crippen LogP contribution in [-0.2, 0) is 4.74 Å². The molecule has 144 valence electrons. The highest BCUT2D eigenvalue weighted by atomic mass is 127. The first-order valence-electron chi connectivity index (χ1n) is 8.02. The normalized spacial score (nSPS) is 12.2. The number of hydrogen-bond donors (Lipinski definition) is 2. The monoisotopic (exact) mass is 474 g/mol. The van der Waals surface area contributed by atoms with Crippen LogP contribution < -0.4 is 10.6 Å². The Kier molecular flexibility index (Phi) is 13.0. The number of nitrogens with one attached hydrogen (secondary N) is 2. The van der Waals surface area contributed by atoms with E-state index in [4.69, 9.17) is 4.74 Å². The van der Waals surface area contributed by atoms with E-state index >= 15 is 0 Å². The van der Waals surface area contributed by atoms with Crippen LogP contribution in [0.1, 0.15) is 41.5 Å². The van der Waals surface area contributed by atoms with Gasteiger partial charge in [-0.15, -0.1) is 24.0 Å². The summed E-state index contributed by atoms with van der Waals surface area (Å²) in [5.41, 5.74) is -0.473. The second-order valence-electron chi connectivity index (χ2n) is 6.88. The summed E-state index contributed by atoms with van der Waals surface area (Å²) in [4.78, 5) is 17.9. The van der Waals surface area contributed by atoms with E-state index in [0.717, 1.165) is 12.5 Å². The van der Waals surface area contributed by atoms with Gasteiger partial charge in [0.25, 0.3) is 0 Å². The number of aliphatic imine (C=N–C) groups is 1. The first-order chi connectivity index (χ1) is 10.5. The van der Waals surface area contributed by atoms with E-state index in [0.29, 0.717) is 19.6 Å². The van der Waals surface area contributed by atoms with Crippen molar-refractivity contribution in [1.82, 2.24) is 15.5 Å². The number of ether oxygens (including phenoxy) is 1. The highest BCUT2D eigenvalue weighted by Crippen LogP contribution is 2.19. The second kappa shape index (κ2) is 12.1. The van der Waals surface area contributed by atoms with Gasteiger partial charge in [0.05, 0.1) is 0 Å². The first-order valence-corrected chi connectivity index (χ1v) is 9.24. The van der Waals surface area contributed by atoms with Gasteiger partial charge in [-0.3, -0.25) is 4.99 Å². The number of hydrogen-bond acceptors (Lipinski definition) is 4. The Balaban J connectivity index is 0. The predicted octanol–water partition coefficient (Wildman–Crippen LogP) is 3.17. The van der Waals surface area contributed by atoms with Gasteiger partial charge in [-0.1, -0.05) is 0 Å². The third-order valence-electron chi connectivity index (χ3n) is 3.17. The molecule has 0 unspecified atom stereocenters. The number of carbonyl (C=O) groups excluding carboxylic acids is 1. The highest BCUT2D eigenvalue weighted by molar-refractivity contribution is 14.0. The third-order valence-corrected chi connectivity index (χ3v) is 4.41. The van der Waals surface area contributed by atoms with Crippen molar-refractivity contribution in [2.75, 3.05) is 39.5 Å². The summed E-state index contributed by atoms with van der Waals surface area (Å²) in [6.45, 7) is 14.5. The molecule has 0 aliphatic rings. The van der Waals surface area contributed by atoms with Crippen LogP contribution >= 0.6 is 35.7 Å². The lowest BCUT2D eigenvalue weighted by Crippen LogP contribution is -2.46. The van der Waals surface area contributed by atoms with Crippen LogP contribution in [0.25, 0.3) is 0 Å². The van der Waals surface area contributed by atoms with Crippen LogP contribution in [0.3, 0.4) is 0 Å². The maximum Gasteiger partial charge on any atom is 0.410 e. The van der Waals surface area contributed by atoms with E-state index in [1.54, 1.807) is 23.7 Å². The molecule has 0 spiro atoms. The van der Waals surface area contributed by atoms with Crippen molar-refractivity contribution in [1.29, 1.82) is 0 Å². The Morgan fingerprint density at radius 3 is 2.21 bits per heavy atom. The van der Waals surface area contributed by atoms with E-state index in [1.165, 1.54) is 0 Å². The summed E-state index contributed by atoms with van der Waals surface area (Å²) in [5.74, 6) is 0.743. The standard InChI is InChI=1S/C16H34N4O2S.HI/c1-9-20(14(21)22-15(2,3)4)11-10-18-13(17-7)19-12-16(5,6)23-8;/h9-12H2,1-8H3,(H2,17,18,19);1H. The molecule has 0 aromatic carbocycles. The Morgan fingerprint density at radius 2 is 1.79 bits per heavy atom. The summed E-state index contributed by atoms with van der Waals surface area (Å²) in [6, 6.07) is 0. The van der Waals surface area contributed by atoms with Crippen molar-refractivity contribution in [3.05, 3.63) is 0 Å². The number of amides is 1. The van der Waals surface area contributed by atoms with Gasteiger partial charge in [0.15, 0.2) is 5.96 Å². The molecule has 0 aromatic rings. The Morgan fingerprint density at radius 1 is 1.21 bits per heavy atom. The van der Waals surface area contributed by atoms with Crippen molar-refractivity contribution in [2.24, 2.45) is 4.99 Å². The quantitative estimate of drug-likeness (QED) is 0.337. The maximum atomic E-state index is 12.1. The van der Waals surface area contributed by atoms with Crippen molar-refractivity contribution in [3.63, 3.8) is 0 Å². The van der Waals surface area contributed by atoms with E-state index in [2.05, 4.69) is 35.7 Å². The molecule has 6 nitrogen and oxygen atoms in total. The molecule has 2 N–H and O–H groups in total. The van der Waals surface area contributed by atoms with Crippen LogP contribution in [0.15, 0.2) is 4.99 Å². The van der Waals surface area contributed by atoms with Gasteiger partial charge in [0.2, 0.25) is 0 Å². The smallest absolute Gasteiger partial charge is 0.410 e. The zero-order valence-corrected chi connectivity index (χ0v) is 19.5. The molecule has 1 amide bonds. The predicted molar refractivity (Wildman–Crippen MR) is 116 cm³/mol. The molecule has 0 aliphatic carbocycles. The summed E-state index contributed by atoms with van der Waals surface area (Å²) in [7, 11) is 1.74. The zero-order valence-electron chi connectivity index (χ0n) is 16.4. The van der Waals surface area contributed by atoms with E-state index in [9.17, 15) is 4.79 Å². The number of guanidine groups is 1. The van der Waals surface area contributed by atoms with E-state index in [1.807, 2.05) is 27.7 Å². The van der Waals surface area contributed by atoms with Gasteiger partial charge in [-0.25, -0.2) is 4.79 Å². The fourth-order valence-corrected chi connectivity index (χ4v) is 1.82. The Bertz CT molecular complexity index is 398. The van der Waals surface area contributed by atoms with Crippen molar-refractivity contribution >= 4 is 47.8 Å². The molecule has 0 saturated heterocycles. The molecule has 0 aliphatic heterocycles. The van der Waals surface area contributed by atoms with Crippen LogP contribution in [0, 0.1) is 0 Å². The van der Waals surface area contributed by atoms with Gasteiger partial charge in [-0.05, 0) is 47.8 Å². The molecule has 0 fully saturated rings. The van der Waals surface area contributed by atoms with Gasteiger partial charge < -0.3 is 20.3 Å². The van der Waals surface area contributed by atoms with Crippen molar-refractivity contribution in [2.45, 2.75) is 51.9 Å². The lowest BCUT2D eigenvalue weighted by molar-refractivity contribution is 0.0264. The first kappa shape index (κ1) is 25.9. The van der Waals surface area contributed by atoms with Crippen LogP contribution in [0.2, 0.25) is 0 Å². The number of halogens is 1. The average molecular weight is 474 g/mol. The average Bonchev–Trinajstić information content (AvgIpc) is 2.44. The van der Waals surface area contributed by atoms with E-state index < -0.39 is 5.60 Å². The van der Waals surface area contributed by atoms with Crippen LogP contribution in [0.4, 0.5) is 4.79 Å². The SMILES string of the molecule is CCN(CCNC(=NC)NCC(C)(C)SC)C(=O)OC(C)(C)C.I. The number of thioether (sulfide) groups is 1.